The lowest BCUT2D eigenvalue weighted by molar-refractivity contribution is 0.416. The average Bonchev–Trinajstić information content (AvgIpc) is 2.55. The number of para-hydroxylation sites is 1. The monoisotopic (exact) mass is 284 g/mol. The molecule has 1 aliphatic rings. The predicted octanol–water partition coefficient (Wildman–Crippen LogP) is 1.95. The van der Waals surface area contributed by atoms with Gasteiger partial charge in [0.2, 0.25) is 5.95 Å². The van der Waals surface area contributed by atoms with Crippen molar-refractivity contribution in [3.05, 3.63) is 36.5 Å². The van der Waals surface area contributed by atoms with Crippen molar-refractivity contribution in [2.45, 2.75) is 13.0 Å². The van der Waals surface area contributed by atoms with Crippen LogP contribution < -0.4 is 15.0 Å². The Morgan fingerprint density at radius 2 is 2.14 bits per heavy atom. The van der Waals surface area contributed by atoms with Gasteiger partial charge in [-0.1, -0.05) is 12.1 Å². The van der Waals surface area contributed by atoms with Gasteiger partial charge in [-0.25, -0.2) is 9.97 Å². The summed E-state index contributed by atoms with van der Waals surface area (Å²) in [6, 6.07) is 10.2. The van der Waals surface area contributed by atoms with Crippen LogP contribution in [0.2, 0.25) is 0 Å². The fraction of sp³-hybridized carbons (Fsp3) is 0.375. The first-order valence-electron chi connectivity index (χ1n) is 7.23. The Morgan fingerprint density at radius 1 is 1.29 bits per heavy atom. The Morgan fingerprint density at radius 3 is 2.95 bits per heavy atom. The molecule has 2 aromatic rings. The van der Waals surface area contributed by atoms with Crippen LogP contribution >= 0.6 is 0 Å². The maximum atomic E-state index is 5.42. The summed E-state index contributed by atoms with van der Waals surface area (Å²) in [5, 5.41) is 3.38. The van der Waals surface area contributed by atoms with Crippen molar-refractivity contribution in [1.29, 1.82) is 0 Å². The lowest BCUT2D eigenvalue weighted by atomic mass is 10.1. The smallest absolute Gasteiger partial charge is 0.226 e. The van der Waals surface area contributed by atoms with Gasteiger partial charge in [-0.15, -0.1) is 0 Å². The largest absolute Gasteiger partial charge is 0.496 e. The van der Waals surface area contributed by atoms with Gasteiger partial charge in [-0.05, 0) is 25.1 Å². The van der Waals surface area contributed by atoms with E-state index >= 15 is 0 Å². The number of hydrogen-bond acceptors (Lipinski definition) is 5. The number of nitrogens with zero attached hydrogens (tertiary/aromatic N) is 3. The molecule has 3 rings (SSSR count). The molecule has 0 radical (unpaired) electrons. The number of anilines is 1. The second kappa shape index (κ2) is 6.10. The highest BCUT2D eigenvalue weighted by Gasteiger charge is 2.21. The van der Waals surface area contributed by atoms with E-state index in [0.717, 1.165) is 42.6 Å². The number of aromatic nitrogens is 2. The summed E-state index contributed by atoms with van der Waals surface area (Å²) in [4.78, 5) is 11.4. The number of benzene rings is 1. The molecule has 1 aromatic carbocycles. The maximum absolute atomic E-state index is 5.42. The molecule has 0 saturated carbocycles. The van der Waals surface area contributed by atoms with Crippen LogP contribution in [0.5, 0.6) is 5.75 Å². The van der Waals surface area contributed by atoms with Gasteiger partial charge in [0.1, 0.15) is 5.75 Å². The predicted molar refractivity (Wildman–Crippen MR) is 83.7 cm³/mol. The van der Waals surface area contributed by atoms with Crippen molar-refractivity contribution < 1.29 is 4.74 Å². The maximum Gasteiger partial charge on any atom is 0.226 e. The fourth-order valence-corrected chi connectivity index (χ4v) is 2.63. The summed E-state index contributed by atoms with van der Waals surface area (Å²) in [7, 11) is 1.68. The van der Waals surface area contributed by atoms with E-state index in [1.54, 1.807) is 7.11 Å². The number of nitrogens with one attached hydrogen (secondary N) is 1. The van der Waals surface area contributed by atoms with Gasteiger partial charge in [0.25, 0.3) is 0 Å². The topological polar surface area (TPSA) is 50.3 Å². The normalized spacial score (nSPS) is 18.6. The van der Waals surface area contributed by atoms with Crippen molar-refractivity contribution >= 4 is 5.95 Å². The van der Waals surface area contributed by atoms with E-state index in [0.29, 0.717) is 6.04 Å². The van der Waals surface area contributed by atoms with Crippen LogP contribution in [0, 0.1) is 0 Å². The summed E-state index contributed by atoms with van der Waals surface area (Å²) in [6.07, 6.45) is 1.82. The van der Waals surface area contributed by atoms with Crippen LogP contribution in [0.1, 0.15) is 6.92 Å². The zero-order valence-electron chi connectivity index (χ0n) is 12.4. The van der Waals surface area contributed by atoms with E-state index in [4.69, 9.17) is 9.72 Å². The standard InChI is InChI=1S/C16H20N4O/c1-12-11-17-9-10-20(12)16-18-8-7-14(19-16)13-5-3-4-6-15(13)21-2/h3-8,12,17H,9-11H2,1-2H3. The highest BCUT2D eigenvalue weighted by atomic mass is 16.5. The summed E-state index contributed by atoms with van der Waals surface area (Å²) in [5.74, 6) is 1.61. The summed E-state index contributed by atoms with van der Waals surface area (Å²) in [5.41, 5.74) is 1.88. The van der Waals surface area contributed by atoms with Crippen LogP contribution in [0.4, 0.5) is 5.95 Å². The zero-order chi connectivity index (χ0) is 14.7. The van der Waals surface area contributed by atoms with Gasteiger partial charge in [0, 0.05) is 37.4 Å². The zero-order valence-corrected chi connectivity index (χ0v) is 12.4. The Labute approximate surface area is 125 Å². The van der Waals surface area contributed by atoms with Gasteiger partial charge < -0.3 is 15.0 Å². The van der Waals surface area contributed by atoms with E-state index in [1.165, 1.54) is 0 Å². The molecule has 0 bridgehead atoms. The summed E-state index contributed by atoms with van der Waals surface area (Å²) >= 11 is 0. The van der Waals surface area contributed by atoms with Crippen LogP contribution in [0.25, 0.3) is 11.3 Å². The van der Waals surface area contributed by atoms with Crippen molar-refractivity contribution in [3.63, 3.8) is 0 Å². The van der Waals surface area contributed by atoms with Crippen molar-refractivity contribution in [3.8, 4) is 17.0 Å². The second-order valence-electron chi connectivity index (χ2n) is 5.19. The molecule has 2 heterocycles. The Kier molecular flexibility index (Phi) is 4.01. The minimum absolute atomic E-state index is 0.395. The van der Waals surface area contributed by atoms with E-state index in [9.17, 15) is 0 Å². The van der Waals surface area contributed by atoms with Gasteiger partial charge in [-0.2, -0.15) is 0 Å². The number of piperazine rings is 1. The average molecular weight is 284 g/mol. The minimum Gasteiger partial charge on any atom is -0.496 e. The molecule has 1 aliphatic heterocycles. The Bertz CT molecular complexity index is 617. The third-order valence-corrected chi connectivity index (χ3v) is 3.78. The molecule has 0 amide bonds. The van der Waals surface area contributed by atoms with E-state index < -0.39 is 0 Å². The molecule has 21 heavy (non-hydrogen) atoms. The van der Waals surface area contributed by atoms with Gasteiger partial charge in [0.15, 0.2) is 0 Å². The van der Waals surface area contributed by atoms with Crippen LogP contribution in [-0.4, -0.2) is 42.8 Å². The van der Waals surface area contributed by atoms with E-state index in [-0.39, 0.29) is 0 Å². The van der Waals surface area contributed by atoms with E-state index in [1.807, 2.05) is 36.5 Å². The molecule has 1 saturated heterocycles. The summed E-state index contributed by atoms with van der Waals surface area (Å²) < 4.78 is 5.42. The fourth-order valence-electron chi connectivity index (χ4n) is 2.63. The minimum atomic E-state index is 0.395. The van der Waals surface area contributed by atoms with Crippen molar-refractivity contribution in [2.24, 2.45) is 0 Å². The van der Waals surface area contributed by atoms with Crippen molar-refractivity contribution in [1.82, 2.24) is 15.3 Å². The molecule has 1 atom stereocenters. The third kappa shape index (κ3) is 2.83. The van der Waals surface area contributed by atoms with Crippen molar-refractivity contribution in [2.75, 3.05) is 31.6 Å². The number of methoxy groups -OCH3 is 1. The SMILES string of the molecule is COc1ccccc1-c1ccnc(N2CCNCC2C)n1. The first-order valence-corrected chi connectivity index (χ1v) is 7.23. The molecular formula is C16H20N4O. The van der Waals surface area contributed by atoms with E-state index in [2.05, 4.69) is 22.1 Å². The molecule has 1 N–H and O–H groups in total. The second-order valence-corrected chi connectivity index (χ2v) is 5.19. The molecule has 110 valence electrons. The van der Waals surface area contributed by atoms with Gasteiger partial charge in [-0.3, -0.25) is 0 Å². The van der Waals surface area contributed by atoms with Crippen LogP contribution in [-0.2, 0) is 0 Å². The summed E-state index contributed by atoms with van der Waals surface area (Å²) in [6.45, 7) is 5.04. The molecule has 0 aliphatic carbocycles. The number of hydrogen-bond donors (Lipinski definition) is 1. The molecule has 1 aromatic heterocycles. The first kappa shape index (κ1) is 13.8. The van der Waals surface area contributed by atoms with Gasteiger partial charge in [0.05, 0.1) is 12.8 Å². The lowest BCUT2D eigenvalue weighted by Crippen LogP contribution is -2.50. The Hall–Kier alpha value is -2.14. The van der Waals surface area contributed by atoms with Gasteiger partial charge >= 0.3 is 0 Å². The third-order valence-electron chi connectivity index (χ3n) is 3.78. The molecular weight excluding hydrogens is 264 g/mol. The number of rotatable bonds is 3. The quantitative estimate of drug-likeness (QED) is 0.933. The lowest BCUT2D eigenvalue weighted by Gasteiger charge is -2.34. The highest BCUT2D eigenvalue weighted by molar-refractivity contribution is 5.67. The number of ether oxygens (including phenoxy) is 1. The molecule has 1 unspecified atom stereocenters. The van der Waals surface area contributed by atoms with Crippen LogP contribution in [0.3, 0.4) is 0 Å². The first-order chi connectivity index (χ1) is 10.3. The Balaban J connectivity index is 1.96. The molecule has 1 fully saturated rings. The molecule has 5 nitrogen and oxygen atoms in total. The molecule has 0 spiro atoms. The molecule has 5 heteroatoms. The highest BCUT2D eigenvalue weighted by Crippen LogP contribution is 2.28. The van der Waals surface area contributed by atoms with Crippen LogP contribution in [0.15, 0.2) is 36.5 Å².